The first-order chi connectivity index (χ1) is 12.3. The highest BCUT2D eigenvalue weighted by Crippen LogP contribution is 2.22. The van der Waals surface area contributed by atoms with E-state index in [9.17, 15) is 4.79 Å². The predicted octanol–water partition coefficient (Wildman–Crippen LogP) is 1.36. The second kappa shape index (κ2) is 10.6. The van der Waals surface area contributed by atoms with Crippen molar-refractivity contribution in [1.82, 2.24) is 16.2 Å². The molecule has 2 aromatic carbocycles. The molecule has 0 radical (unpaired) electrons. The fourth-order valence-corrected chi connectivity index (χ4v) is 2.76. The molecular formula is C19H27N5O. The lowest BCUT2D eigenvalue weighted by Crippen LogP contribution is -2.48. The summed E-state index contributed by atoms with van der Waals surface area (Å²) in [6.07, 6.45) is 2.40. The largest absolute Gasteiger partial charge is 0.344 e. The monoisotopic (exact) mass is 341 g/mol. The van der Waals surface area contributed by atoms with Crippen molar-refractivity contribution in [3.63, 3.8) is 0 Å². The Morgan fingerprint density at radius 2 is 1.44 bits per heavy atom. The number of rotatable bonds is 10. The number of carbonyl (C=O) groups excluding carboxylic acids is 1. The van der Waals surface area contributed by atoms with Crippen LogP contribution in [0, 0.1) is 0 Å². The quantitative estimate of drug-likeness (QED) is 0.255. The molecule has 0 heterocycles. The molecule has 0 fully saturated rings. The lowest BCUT2D eigenvalue weighted by molar-refractivity contribution is -0.123. The van der Waals surface area contributed by atoms with Crippen LogP contribution < -0.4 is 27.9 Å². The van der Waals surface area contributed by atoms with E-state index in [1.165, 1.54) is 0 Å². The predicted molar refractivity (Wildman–Crippen MR) is 100 cm³/mol. The summed E-state index contributed by atoms with van der Waals surface area (Å²) in [4.78, 5) is 12.7. The molecule has 0 aromatic heterocycles. The fourth-order valence-electron chi connectivity index (χ4n) is 2.76. The van der Waals surface area contributed by atoms with Gasteiger partial charge in [0, 0.05) is 6.54 Å². The van der Waals surface area contributed by atoms with Gasteiger partial charge in [0.05, 0.1) is 12.1 Å². The van der Waals surface area contributed by atoms with Gasteiger partial charge in [0.2, 0.25) is 5.91 Å². The van der Waals surface area contributed by atoms with Crippen molar-refractivity contribution >= 4 is 5.91 Å². The first kappa shape index (κ1) is 19.1. The van der Waals surface area contributed by atoms with Crippen LogP contribution in [0.3, 0.4) is 0 Å². The standard InChI is InChI=1S/C19H27N5O/c20-22-14-8-7-13-17(24-21)19(25)23-18(15-9-3-1-4-10-15)16-11-5-2-6-12-16/h1-6,9-12,17-18,22,24H,7-8,13-14,20-21H2,(H,23,25). The molecule has 2 aromatic rings. The van der Waals surface area contributed by atoms with Gasteiger partial charge in [-0.1, -0.05) is 60.7 Å². The molecule has 0 aliphatic heterocycles. The van der Waals surface area contributed by atoms with Gasteiger partial charge in [0.15, 0.2) is 0 Å². The van der Waals surface area contributed by atoms with Gasteiger partial charge in [0.1, 0.15) is 0 Å². The molecular weight excluding hydrogens is 314 g/mol. The number of nitrogens with two attached hydrogens (primary N) is 2. The van der Waals surface area contributed by atoms with Gasteiger partial charge in [0.25, 0.3) is 0 Å². The molecule has 7 N–H and O–H groups in total. The molecule has 6 heteroatoms. The summed E-state index contributed by atoms with van der Waals surface area (Å²) in [6, 6.07) is 19.2. The van der Waals surface area contributed by atoms with Crippen molar-refractivity contribution < 1.29 is 4.79 Å². The molecule has 2 rings (SSSR count). The molecule has 134 valence electrons. The van der Waals surface area contributed by atoms with Crippen LogP contribution in [0.15, 0.2) is 60.7 Å². The van der Waals surface area contributed by atoms with Crippen molar-refractivity contribution in [2.24, 2.45) is 11.7 Å². The van der Waals surface area contributed by atoms with Gasteiger partial charge in [-0.25, -0.2) is 5.43 Å². The first-order valence-corrected chi connectivity index (χ1v) is 8.56. The Kier molecular flexibility index (Phi) is 8.08. The minimum Gasteiger partial charge on any atom is -0.344 e. The van der Waals surface area contributed by atoms with Crippen LogP contribution in [0.2, 0.25) is 0 Å². The highest BCUT2D eigenvalue weighted by Gasteiger charge is 2.22. The van der Waals surface area contributed by atoms with Crippen LogP contribution in [0.5, 0.6) is 0 Å². The summed E-state index contributed by atoms with van der Waals surface area (Å²) in [5, 5.41) is 3.12. The lowest BCUT2D eigenvalue weighted by atomic mass is 9.98. The molecule has 0 saturated heterocycles. The molecule has 1 atom stereocenters. The maximum absolute atomic E-state index is 12.7. The van der Waals surface area contributed by atoms with E-state index in [1.54, 1.807) is 0 Å². The average molecular weight is 341 g/mol. The van der Waals surface area contributed by atoms with Crippen molar-refractivity contribution in [2.45, 2.75) is 31.3 Å². The number of unbranched alkanes of at least 4 members (excludes halogenated alkanes) is 1. The van der Waals surface area contributed by atoms with Crippen LogP contribution >= 0.6 is 0 Å². The van der Waals surface area contributed by atoms with Crippen LogP contribution in [-0.2, 0) is 4.79 Å². The van der Waals surface area contributed by atoms with Gasteiger partial charge >= 0.3 is 0 Å². The molecule has 1 amide bonds. The van der Waals surface area contributed by atoms with Crippen molar-refractivity contribution in [3.8, 4) is 0 Å². The molecule has 6 nitrogen and oxygen atoms in total. The van der Waals surface area contributed by atoms with Gasteiger partial charge < -0.3 is 5.32 Å². The normalized spacial score (nSPS) is 12.1. The SMILES string of the molecule is NNCCCCC(NN)C(=O)NC(c1ccccc1)c1ccccc1. The number of hydrazine groups is 2. The average Bonchev–Trinajstić information content (AvgIpc) is 2.67. The second-order valence-electron chi connectivity index (χ2n) is 5.93. The zero-order valence-corrected chi connectivity index (χ0v) is 14.3. The molecule has 1 unspecified atom stereocenters. The van der Waals surface area contributed by atoms with E-state index in [0.29, 0.717) is 6.42 Å². The third kappa shape index (κ3) is 5.95. The molecule has 0 saturated carbocycles. The summed E-state index contributed by atoms with van der Waals surface area (Å²) >= 11 is 0. The number of hydrogen-bond donors (Lipinski definition) is 5. The van der Waals surface area contributed by atoms with Gasteiger partial charge in [-0.15, -0.1) is 0 Å². The minimum atomic E-state index is -0.437. The van der Waals surface area contributed by atoms with E-state index in [-0.39, 0.29) is 11.9 Å². The Labute approximate surface area is 148 Å². The Hall–Kier alpha value is -2.25. The van der Waals surface area contributed by atoms with Crippen LogP contribution in [-0.4, -0.2) is 18.5 Å². The Morgan fingerprint density at radius 3 is 1.92 bits per heavy atom. The van der Waals surface area contributed by atoms with E-state index in [1.807, 2.05) is 60.7 Å². The molecule has 25 heavy (non-hydrogen) atoms. The van der Waals surface area contributed by atoms with Crippen LogP contribution in [0.4, 0.5) is 0 Å². The van der Waals surface area contributed by atoms with E-state index >= 15 is 0 Å². The van der Waals surface area contributed by atoms with Crippen LogP contribution in [0.25, 0.3) is 0 Å². The molecule has 0 aliphatic carbocycles. The summed E-state index contributed by atoms with van der Waals surface area (Å²) in [6.45, 7) is 0.718. The Morgan fingerprint density at radius 1 is 0.880 bits per heavy atom. The molecule has 0 aliphatic rings. The maximum Gasteiger partial charge on any atom is 0.239 e. The van der Waals surface area contributed by atoms with Crippen molar-refractivity contribution in [1.29, 1.82) is 0 Å². The Bertz CT molecular complexity index is 581. The topological polar surface area (TPSA) is 105 Å². The van der Waals surface area contributed by atoms with Crippen molar-refractivity contribution in [2.75, 3.05) is 6.54 Å². The van der Waals surface area contributed by atoms with E-state index in [0.717, 1.165) is 30.5 Å². The van der Waals surface area contributed by atoms with Gasteiger partial charge in [-0.2, -0.15) is 0 Å². The van der Waals surface area contributed by atoms with Gasteiger partial charge in [-0.3, -0.25) is 21.9 Å². The Balaban J connectivity index is 2.09. The third-order valence-corrected chi connectivity index (χ3v) is 4.13. The van der Waals surface area contributed by atoms with Crippen molar-refractivity contribution in [3.05, 3.63) is 71.8 Å². The summed E-state index contributed by atoms with van der Waals surface area (Å²) in [7, 11) is 0. The molecule has 0 bridgehead atoms. The van der Waals surface area contributed by atoms with Gasteiger partial charge in [-0.05, 0) is 30.4 Å². The second-order valence-corrected chi connectivity index (χ2v) is 5.93. The number of amides is 1. The summed E-state index contributed by atoms with van der Waals surface area (Å²) < 4.78 is 0. The minimum absolute atomic E-state index is 0.110. The fraction of sp³-hybridized carbons (Fsp3) is 0.316. The maximum atomic E-state index is 12.7. The highest BCUT2D eigenvalue weighted by molar-refractivity contribution is 5.82. The summed E-state index contributed by atoms with van der Waals surface area (Å²) in [5.41, 5.74) is 7.30. The van der Waals surface area contributed by atoms with Crippen LogP contribution in [0.1, 0.15) is 36.4 Å². The highest BCUT2D eigenvalue weighted by atomic mass is 16.2. The first-order valence-electron chi connectivity index (χ1n) is 8.56. The number of benzene rings is 2. The number of carbonyl (C=O) groups is 1. The number of nitrogens with one attached hydrogen (secondary N) is 3. The van der Waals surface area contributed by atoms with E-state index in [2.05, 4.69) is 16.2 Å². The summed E-state index contributed by atoms with van der Waals surface area (Å²) in [5.74, 6) is 10.7. The molecule has 0 spiro atoms. The zero-order valence-electron chi connectivity index (χ0n) is 14.3. The number of hydrogen-bond acceptors (Lipinski definition) is 5. The van der Waals surface area contributed by atoms with E-state index in [4.69, 9.17) is 11.7 Å². The smallest absolute Gasteiger partial charge is 0.239 e. The zero-order chi connectivity index (χ0) is 17.9. The third-order valence-electron chi connectivity index (χ3n) is 4.13. The van der Waals surface area contributed by atoms with E-state index < -0.39 is 6.04 Å². The lowest BCUT2D eigenvalue weighted by Gasteiger charge is -2.23.